The van der Waals surface area contributed by atoms with E-state index in [0.717, 1.165) is 5.92 Å². The Morgan fingerprint density at radius 1 is 1.04 bits per heavy atom. The molecular weight excluding hydrogens is 340 g/mol. The van der Waals surface area contributed by atoms with Crippen molar-refractivity contribution in [3.8, 4) is 0 Å². The Morgan fingerprint density at radius 3 is 2.22 bits per heavy atom. The molecule has 150 valence electrons. The second kappa shape index (κ2) is 6.93. The molecule has 4 heteroatoms. The summed E-state index contributed by atoms with van der Waals surface area (Å²) in [5, 5.41) is 0. The first-order chi connectivity index (χ1) is 12.8. The lowest BCUT2D eigenvalue weighted by Crippen LogP contribution is -2.65. The first-order valence-electron chi connectivity index (χ1n) is 10.9. The Bertz CT molecular complexity index is 614. The van der Waals surface area contributed by atoms with Crippen LogP contribution in [0.3, 0.4) is 0 Å². The molecule has 4 bridgehead atoms. The lowest BCUT2D eigenvalue weighted by atomic mass is 9.43. The minimum Gasteiger partial charge on any atom is -0.462 e. The molecule has 0 spiro atoms. The summed E-state index contributed by atoms with van der Waals surface area (Å²) in [6.45, 7) is 7.73. The van der Waals surface area contributed by atoms with Crippen molar-refractivity contribution in [2.24, 2.45) is 29.1 Å². The SMILES string of the molecule is C=C(C)C(=O)OCCC(=O)OC1(C2CCCC2)C2CC3CC1CC(C)(C3)C2. The summed E-state index contributed by atoms with van der Waals surface area (Å²) in [7, 11) is 0. The minimum atomic E-state index is -0.434. The standard InChI is InChI=1S/C23H34O4/c1-15(2)21(25)26-9-8-20(24)27-23(17-6-4-5-7-17)18-10-16-11-19(23)14-22(3,12-16)13-18/h16-19H,1,4-14H2,2-3H3. The van der Waals surface area contributed by atoms with Crippen molar-refractivity contribution < 1.29 is 19.1 Å². The number of ether oxygens (including phenoxy) is 2. The molecule has 2 unspecified atom stereocenters. The number of carbonyl (C=O) groups excluding carboxylic acids is 2. The first-order valence-corrected chi connectivity index (χ1v) is 10.9. The summed E-state index contributed by atoms with van der Waals surface area (Å²) >= 11 is 0. The van der Waals surface area contributed by atoms with E-state index in [9.17, 15) is 9.59 Å². The topological polar surface area (TPSA) is 52.6 Å². The summed E-state index contributed by atoms with van der Waals surface area (Å²) in [6, 6.07) is 0. The van der Waals surface area contributed by atoms with Gasteiger partial charge in [-0.25, -0.2) is 4.79 Å². The Hall–Kier alpha value is -1.32. The van der Waals surface area contributed by atoms with E-state index in [1.807, 2.05) is 0 Å². The van der Waals surface area contributed by atoms with Crippen LogP contribution in [0.15, 0.2) is 12.2 Å². The fraction of sp³-hybridized carbons (Fsp3) is 0.826. The van der Waals surface area contributed by atoms with E-state index < -0.39 is 5.97 Å². The maximum absolute atomic E-state index is 12.8. The monoisotopic (exact) mass is 374 g/mol. The van der Waals surface area contributed by atoms with Crippen LogP contribution in [0, 0.1) is 29.1 Å². The van der Waals surface area contributed by atoms with Crippen LogP contribution in [-0.4, -0.2) is 24.1 Å². The van der Waals surface area contributed by atoms with Gasteiger partial charge in [0.2, 0.25) is 0 Å². The molecule has 0 radical (unpaired) electrons. The molecule has 0 aromatic rings. The van der Waals surface area contributed by atoms with E-state index >= 15 is 0 Å². The molecule has 5 rings (SSSR count). The largest absolute Gasteiger partial charge is 0.462 e. The van der Waals surface area contributed by atoms with Crippen LogP contribution in [0.4, 0.5) is 0 Å². The summed E-state index contributed by atoms with van der Waals surface area (Å²) < 4.78 is 11.5. The van der Waals surface area contributed by atoms with Gasteiger partial charge in [0, 0.05) is 17.4 Å². The minimum absolute atomic E-state index is 0.0843. The van der Waals surface area contributed by atoms with Gasteiger partial charge in [-0.2, -0.15) is 0 Å². The molecule has 4 nitrogen and oxygen atoms in total. The van der Waals surface area contributed by atoms with Crippen molar-refractivity contribution in [2.75, 3.05) is 6.61 Å². The van der Waals surface area contributed by atoms with Crippen LogP contribution in [0.25, 0.3) is 0 Å². The normalized spacial score (nSPS) is 40.1. The molecular formula is C23H34O4. The number of carbonyl (C=O) groups is 2. The Morgan fingerprint density at radius 2 is 1.67 bits per heavy atom. The van der Waals surface area contributed by atoms with Crippen LogP contribution >= 0.6 is 0 Å². The molecule has 5 saturated carbocycles. The second-order valence-corrected chi connectivity index (χ2v) is 10.1. The molecule has 2 atom stereocenters. The molecule has 0 amide bonds. The van der Waals surface area contributed by atoms with Crippen molar-refractivity contribution in [3.05, 3.63) is 12.2 Å². The number of rotatable bonds is 6. The van der Waals surface area contributed by atoms with E-state index in [2.05, 4.69) is 13.5 Å². The van der Waals surface area contributed by atoms with Gasteiger partial charge in [-0.05, 0) is 69.1 Å². The van der Waals surface area contributed by atoms with Gasteiger partial charge >= 0.3 is 11.9 Å². The zero-order valence-electron chi connectivity index (χ0n) is 16.9. The van der Waals surface area contributed by atoms with Gasteiger partial charge in [-0.3, -0.25) is 4.79 Å². The first kappa shape index (κ1) is 19.0. The third kappa shape index (κ3) is 3.34. The van der Waals surface area contributed by atoms with Crippen LogP contribution in [0.5, 0.6) is 0 Å². The maximum Gasteiger partial charge on any atom is 0.333 e. The smallest absolute Gasteiger partial charge is 0.333 e. The molecule has 0 aromatic heterocycles. The van der Waals surface area contributed by atoms with E-state index in [-0.39, 0.29) is 24.6 Å². The fourth-order valence-electron chi connectivity index (χ4n) is 7.28. The highest BCUT2D eigenvalue weighted by atomic mass is 16.6. The lowest BCUT2D eigenvalue weighted by Gasteiger charge is -2.65. The predicted molar refractivity (Wildman–Crippen MR) is 103 cm³/mol. The van der Waals surface area contributed by atoms with Crippen molar-refractivity contribution >= 4 is 11.9 Å². The summed E-state index contributed by atoms with van der Waals surface area (Å²) in [5.74, 6) is 1.79. The average molecular weight is 375 g/mol. The van der Waals surface area contributed by atoms with Gasteiger partial charge in [0.15, 0.2) is 0 Å². The molecule has 5 aliphatic rings. The number of hydrogen-bond donors (Lipinski definition) is 0. The number of hydrogen-bond acceptors (Lipinski definition) is 4. The van der Waals surface area contributed by atoms with Crippen molar-refractivity contribution in [3.63, 3.8) is 0 Å². The van der Waals surface area contributed by atoms with Crippen LogP contribution in [-0.2, 0) is 19.1 Å². The van der Waals surface area contributed by atoms with Gasteiger partial charge in [0.05, 0.1) is 6.42 Å². The second-order valence-electron chi connectivity index (χ2n) is 10.1. The zero-order valence-corrected chi connectivity index (χ0v) is 16.9. The van der Waals surface area contributed by atoms with Crippen molar-refractivity contribution in [2.45, 2.75) is 83.7 Å². The molecule has 5 aliphatic carbocycles. The fourth-order valence-corrected chi connectivity index (χ4v) is 7.28. The van der Waals surface area contributed by atoms with Crippen LogP contribution < -0.4 is 0 Å². The molecule has 5 fully saturated rings. The highest BCUT2D eigenvalue weighted by Gasteiger charge is 2.65. The van der Waals surface area contributed by atoms with Crippen LogP contribution in [0.1, 0.15) is 78.1 Å². The van der Waals surface area contributed by atoms with E-state index in [0.29, 0.717) is 28.7 Å². The summed E-state index contributed by atoms with van der Waals surface area (Å²) in [5.41, 5.74) is 0.574. The maximum atomic E-state index is 12.8. The van der Waals surface area contributed by atoms with Crippen molar-refractivity contribution in [1.29, 1.82) is 0 Å². The highest BCUT2D eigenvalue weighted by Crippen LogP contribution is 2.67. The van der Waals surface area contributed by atoms with E-state index in [4.69, 9.17) is 9.47 Å². The Labute approximate surface area is 163 Å². The highest BCUT2D eigenvalue weighted by molar-refractivity contribution is 5.87. The zero-order chi connectivity index (χ0) is 19.2. The van der Waals surface area contributed by atoms with Gasteiger partial charge in [0.1, 0.15) is 12.2 Å². The molecule has 0 N–H and O–H groups in total. The number of esters is 2. The van der Waals surface area contributed by atoms with Gasteiger partial charge < -0.3 is 9.47 Å². The third-order valence-corrected chi connectivity index (χ3v) is 7.94. The average Bonchev–Trinajstić information content (AvgIpc) is 3.11. The van der Waals surface area contributed by atoms with E-state index in [1.54, 1.807) is 6.92 Å². The van der Waals surface area contributed by atoms with Gasteiger partial charge in [-0.15, -0.1) is 0 Å². The molecule has 27 heavy (non-hydrogen) atoms. The Balaban J connectivity index is 1.48. The molecule has 0 aliphatic heterocycles. The molecule has 0 aromatic carbocycles. The van der Waals surface area contributed by atoms with Crippen molar-refractivity contribution in [1.82, 2.24) is 0 Å². The van der Waals surface area contributed by atoms with Crippen LogP contribution in [0.2, 0.25) is 0 Å². The van der Waals surface area contributed by atoms with E-state index in [1.165, 1.54) is 57.8 Å². The molecule has 0 saturated heterocycles. The summed E-state index contributed by atoms with van der Waals surface area (Å²) in [4.78, 5) is 24.3. The lowest BCUT2D eigenvalue weighted by molar-refractivity contribution is -0.242. The summed E-state index contributed by atoms with van der Waals surface area (Å²) in [6.07, 6.45) is 11.3. The third-order valence-electron chi connectivity index (χ3n) is 7.94. The quantitative estimate of drug-likeness (QED) is 0.494. The Kier molecular flexibility index (Phi) is 4.88. The van der Waals surface area contributed by atoms with Gasteiger partial charge in [0.25, 0.3) is 0 Å². The predicted octanol–water partition coefficient (Wildman–Crippen LogP) is 4.81. The molecule has 0 heterocycles. The van der Waals surface area contributed by atoms with Gasteiger partial charge in [-0.1, -0.05) is 26.3 Å².